The number of rotatable bonds is 6. The molecule has 8 nitrogen and oxygen atoms in total. The molecule has 1 atom stereocenters. The van der Waals surface area contributed by atoms with Crippen molar-refractivity contribution >= 4 is 17.9 Å². The SMILES string of the molecule is Cc1onc(-c2ccc(-c3ccc(C4CCC4)cc3)cc2)c1NC(=O)O[C@H](C)c1ccccc1.O=C(O)O. The minimum absolute atomic E-state index is 0.375. The van der Waals surface area contributed by atoms with Crippen LogP contribution in [0.3, 0.4) is 0 Å². The fourth-order valence-electron chi connectivity index (χ4n) is 4.31. The highest BCUT2D eigenvalue weighted by molar-refractivity contribution is 5.91. The van der Waals surface area contributed by atoms with Crippen LogP contribution in [0.15, 0.2) is 83.4 Å². The molecule has 1 aliphatic carbocycles. The number of amides is 1. The van der Waals surface area contributed by atoms with Gasteiger partial charge in [0, 0.05) is 5.56 Å². The van der Waals surface area contributed by atoms with Crippen LogP contribution in [0.2, 0.25) is 0 Å². The second-order valence-corrected chi connectivity index (χ2v) is 9.16. The lowest BCUT2D eigenvalue weighted by atomic mass is 9.80. The molecule has 0 bridgehead atoms. The summed E-state index contributed by atoms with van der Waals surface area (Å²) in [5.74, 6) is 1.26. The molecule has 0 aliphatic heterocycles. The zero-order valence-electron chi connectivity index (χ0n) is 21.3. The monoisotopic (exact) mass is 514 g/mol. The summed E-state index contributed by atoms with van der Waals surface area (Å²) in [5, 5.41) is 20.9. The van der Waals surface area contributed by atoms with E-state index in [-0.39, 0.29) is 6.10 Å². The van der Waals surface area contributed by atoms with Crippen molar-refractivity contribution in [2.24, 2.45) is 0 Å². The summed E-state index contributed by atoms with van der Waals surface area (Å²) in [4.78, 5) is 21.1. The van der Waals surface area contributed by atoms with Gasteiger partial charge >= 0.3 is 12.2 Å². The van der Waals surface area contributed by atoms with E-state index in [2.05, 4.69) is 46.9 Å². The molecule has 0 saturated heterocycles. The summed E-state index contributed by atoms with van der Waals surface area (Å²) in [6.45, 7) is 3.61. The first-order valence-corrected chi connectivity index (χ1v) is 12.4. The molecule has 5 rings (SSSR count). The van der Waals surface area contributed by atoms with E-state index in [4.69, 9.17) is 24.3 Å². The standard InChI is InChI=1S/C29H28N2O3.CH2O3/c1-19(21-7-4-3-5-8-21)33-29(32)30-27-20(2)34-31-28(27)26-17-15-25(16-18-26)24-13-11-23(12-14-24)22-9-6-10-22;2-1(3)4/h3-5,7-8,11-19,22H,6,9-10H2,1-2H3,(H,30,32);(H2,2,3,4)/t19-;/m1./s1. The predicted octanol–water partition coefficient (Wildman–Crippen LogP) is 8.12. The fourth-order valence-corrected chi connectivity index (χ4v) is 4.31. The molecule has 3 N–H and O–H groups in total. The third kappa shape index (κ3) is 6.59. The van der Waals surface area contributed by atoms with E-state index in [0.717, 1.165) is 22.6 Å². The van der Waals surface area contributed by atoms with Crippen molar-refractivity contribution in [1.82, 2.24) is 5.16 Å². The maximum atomic E-state index is 12.6. The van der Waals surface area contributed by atoms with E-state index in [0.29, 0.717) is 17.1 Å². The van der Waals surface area contributed by atoms with Crippen LogP contribution in [0.5, 0.6) is 0 Å². The molecular weight excluding hydrogens is 484 g/mol. The minimum atomic E-state index is -1.83. The number of hydrogen-bond donors (Lipinski definition) is 3. The molecule has 1 fully saturated rings. The van der Waals surface area contributed by atoms with Gasteiger partial charge in [0.15, 0.2) is 5.76 Å². The number of anilines is 1. The Bertz CT molecular complexity index is 1360. The highest BCUT2D eigenvalue weighted by atomic mass is 16.6. The first-order valence-electron chi connectivity index (χ1n) is 12.4. The van der Waals surface area contributed by atoms with E-state index in [1.54, 1.807) is 6.92 Å². The molecule has 1 aliphatic rings. The first-order chi connectivity index (χ1) is 18.3. The number of carbonyl (C=O) groups excluding carboxylic acids is 1. The van der Waals surface area contributed by atoms with Gasteiger partial charge in [-0.25, -0.2) is 9.59 Å². The number of aryl methyl sites for hydroxylation is 1. The number of hydrogen-bond acceptors (Lipinski definition) is 5. The second-order valence-electron chi connectivity index (χ2n) is 9.16. The Morgan fingerprint density at radius 1 is 0.921 bits per heavy atom. The molecule has 38 heavy (non-hydrogen) atoms. The van der Waals surface area contributed by atoms with Gasteiger partial charge in [-0.05, 0) is 54.9 Å². The van der Waals surface area contributed by atoms with Gasteiger partial charge in [-0.3, -0.25) is 5.32 Å². The highest BCUT2D eigenvalue weighted by Gasteiger charge is 2.21. The number of carbonyl (C=O) groups is 2. The third-order valence-electron chi connectivity index (χ3n) is 6.62. The van der Waals surface area contributed by atoms with Gasteiger partial charge in [0.2, 0.25) is 0 Å². The Labute approximate surface area is 220 Å². The summed E-state index contributed by atoms with van der Waals surface area (Å²) in [6, 6.07) is 26.6. The van der Waals surface area contributed by atoms with Crippen LogP contribution in [0, 0.1) is 6.92 Å². The number of nitrogens with one attached hydrogen (secondary N) is 1. The summed E-state index contributed by atoms with van der Waals surface area (Å²) in [7, 11) is 0. The molecule has 1 aromatic heterocycles. The fraction of sp³-hybridized carbons (Fsp3) is 0.233. The quantitative estimate of drug-likeness (QED) is 0.237. The van der Waals surface area contributed by atoms with Crippen molar-refractivity contribution in [2.75, 3.05) is 5.32 Å². The van der Waals surface area contributed by atoms with Crippen LogP contribution in [0.1, 0.15) is 55.1 Å². The molecule has 0 spiro atoms. The largest absolute Gasteiger partial charge is 0.503 e. The number of ether oxygens (including phenoxy) is 1. The van der Waals surface area contributed by atoms with Crippen molar-refractivity contribution < 1.29 is 29.1 Å². The summed E-state index contributed by atoms with van der Waals surface area (Å²) in [5.41, 5.74) is 6.64. The van der Waals surface area contributed by atoms with Crippen LogP contribution in [0.4, 0.5) is 15.3 Å². The Morgan fingerprint density at radius 2 is 1.47 bits per heavy atom. The van der Waals surface area contributed by atoms with E-state index < -0.39 is 12.2 Å². The van der Waals surface area contributed by atoms with Gasteiger partial charge < -0.3 is 19.5 Å². The Balaban J connectivity index is 0.000000786. The zero-order valence-corrected chi connectivity index (χ0v) is 21.3. The Kier molecular flexibility index (Phi) is 8.43. The van der Waals surface area contributed by atoms with Crippen LogP contribution in [-0.4, -0.2) is 27.6 Å². The Hall–Kier alpha value is -4.59. The van der Waals surface area contributed by atoms with Crippen molar-refractivity contribution in [3.05, 3.63) is 95.7 Å². The van der Waals surface area contributed by atoms with Crippen LogP contribution in [-0.2, 0) is 4.74 Å². The summed E-state index contributed by atoms with van der Waals surface area (Å²) >= 11 is 0. The minimum Gasteiger partial charge on any atom is -0.450 e. The number of nitrogens with zero attached hydrogens (tertiary/aromatic N) is 1. The lowest BCUT2D eigenvalue weighted by Gasteiger charge is -2.25. The van der Waals surface area contributed by atoms with Gasteiger partial charge in [-0.1, -0.05) is 90.4 Å². The van der Waals surface area contributed by atoms with Crippen LogP contribution >= 0.6 is 0 Å². The molecule has 196 valence electrons. The van der Waals surface area contributed by atoms with Crippen LogP contribution in [0.25, 0.3) is 22.4 Å². The first kappa shape index (κ1) is 26.5. The van der Waals surface area contributed by atoms with Gasteiger partial charge in [-0.2, -0.15) is 0 Å². The number of benzene rings is 3. The third-order valence-corrected chi connectivity index (χ3v) is 6.62. The molecule has 1 saturated carbocycles. The van der Waals surface area contributed by atoms with Gasteiger partial charge in [-0.15, -0.1) is 0 Å². The lowest BCUT2D eigenvalue weighted by molar-refractivity contribution is 0.121. The zero-order chi connectivity index (χ0) is 27.1. The van der Waals surface area contributed by atoms with Gasteiger partial charge in [0.25, 0.3) is 0 Å². The van der Waals surface area contributed by atoms with Crippen molar-refractivity contribution in [3.8, 4) is 22.4 Å². The second kappa shape index (κ2) is 12.1. The summed E-state index contributed by atoms with van der Waals surface area (Å²) in [6.07, 6.45) is 1.20. The normalized spacial score (nSPS) is 13.4. The van der Waals surface area contributed by atoms with Gasteiger partial charge in [0.1, 0.15) is 17.5 Å². The molecule has 4 aromatic rings. The molecule has 8 heteroatoms. The van der Waals surface area contributed by atoms with E-state index in [1.165, 1.54) is 30.4 Å². The highest BCUT2D eigenvalue weighted by Crippen LogP contribution is 2.37. The maximum absolute atomic E-state index is 12.6. The topological polar surface area (TPSA) is 122 Å². The van der Waals surface area contributed by atoms with Crippen molar-refractivity contribution in [2.45, 2.75) is 45.1 Å². The molecule has 1 heterocycles. The maximum Gasteiger partial charge on any atom is 0.503 e. The average Bonchev–Trinajstić information content (AvgIpc) is 3.23. The Morgan fingerprint density at radius 3 is 2.03 bits per heavy atom. The molecule has 1 amide bonds. The van der Waals surface area contributed by atoms with Crippen LogP contribution < -0.4 is 5.32 Å². The lowest BCUT2D eigenvalue weighted by Crippen LogP contribution is -2.16. The molecular formula is C30H30N2O6. The average molecular weight is 515 g/mol. The smallest absolute Gasteiger partial charge is 0.450 e. The van der Waals surface area contributed by atoms with E-state index in [9.17, 15) is 4.79 Å². The molecule has 0 radical (unpaired) electrons. The molecule has 3 aromatic carbocycles. The molecule has 0 unspecified atom stereocenters. The van der Waals surface area contributed by atoms with Crippen molar-refractivity contribution in [1.29, 1.82) is 0 Å². The van der Waals surface area contributed by atoms with Crippen molar-refractivity contribution in [3.63, 3.8) is 0 Å². The predicted molar refractivity (Wildman–Crippen MR) is 144 cm³/mol. The van der Waals surface area contributed by atoms with E-state index in [1.807, 2.05) is 49.4 Å². The van der Waals surface area contributed by atoms with E-state index >= 15 is 0 Å². The number of aromatic nitrogens is 1. The van der Waals surface area contributed by atoms with Gasteiger partial charge in [0.05, 0.1) is 0 Å². The number of carboxylic acid groups (broad SMARTS) is 2. The summed E-state index contributed by atoms with van der Waals surface area (Å²) < 4.78 is 10.9.